The first-order valence-electron chi connectivity index (χ1n) is 6.75. The normalized spacial score (nSPS) is 20.5. The summed E-state index contributed by atoms with van der Waals surface area (Å²) < 4.78 is 10.5. The first-order valence-corrected chi connectivity index (χ1v) is 6.75. The van der Waals surface area contributed by atoms with E-state index in [9.17, 15) is 4.79 Å². The van der Waals surface area contributed by atoms with Crippen LogP contribution in [0.25, 0.3) is 0 Å². The second-order valence-corrected chi connectivity index (χ2v) is 5.65. The van der Waals surface area contributed by atoms with Crippen LogP contribution in [-0.2, 0) is 9.47 Å². The number of ether oxygens (including phenoxy) is 2. The fraction of sp³-hybridized carbons (Fsp3) is 0.923. The molecule has 0 saturated carbocycles. The Morgan fingerprint density at radius 1 is 1.39 bits per heavy atom. The molecule has 1 amide bonds. The van der Waals surface area contributed by atoms with Gasteiger partial charge in [0, 0.05) is 19.2 Å². The third-order valence-corrected chi connectivity index (χ3v) is 2.62. The smallest absolute Gasteiger partial charge is 0.407 e. The van der Waals surface area contributed by atoms with E-state index in [0.29, 0.717) is 12.6 Å². The van der Waals surface area contributed by atoms with E-state index in [1.165, 1.54) is 6.42 Å². The third kappa shape index (κ3) is 7.50. The van der Waals surface area contributed by atoms with Crippen LogP contribution in [0.15, 0.2) is 0 Å². The molecule has 0 aromatic rings. The maximum absolute atomic E-state index is 11.3. The zero-order chi connectivity index (χ0) is 13.4. The second kappa shape index (κ2) is 7.59. The van der Waals surface area contributed by atoms with Crippen molar-refractivity contribution in [1.29, 1.82) is 0 Å². The molecule has 5 heteroatoms. The second-order valence-electron chi connectivity index (χ2n) is 5.65. The minimum atomic E-state index is -0.429. The van der Waals surface area contributed by atoms with E-state index in [2.05, 4.69) is 10.6 Å². The Balaban J connectivity index is 1.96. The number of carbonyl (C=O) groups excluding carboxylic acids is 1. The molecule has 1 heterocycles. The Kier molecular flexibility index (Phi) is 6.43. The summed E-state index contributed by atoms with van der Waals surface area (Å²) in [4.78, 5) is 11.3. The lowest BCUT2D eigenvalue weighted by molar-refractivity contribution is 0.0525. The van der Waals surface area contributed by atoms with Gasteiger partial charge in [-0.1, -0.05) is 0 Å². The van der Waals surface area contributed by atoms with E-state index in [-0.39, 0.29) is 6.09 Å². The molecule has 1 atom stereocenters. The van der Waals surface area contributed by atoms with Crippen molar-refractivity contribution in [3.8, 4) is 0 Å². The molecule has 0 aromatic heterocycles. The predicted octanol–water partition coefficient (Wildman–Crippen LogP) is 1.67. The number of carbonyl (C=O) groups is 1. The lowest BCUT2D eigenvalue weighted by atomic mass is 10.1. The molecule has 0 aromatic carbocycles. The lowest BCUT2D eigenvalue weighted by Crippen LogP contribution is -2.39. The van der Waals surface area contributed by atoms with Gasteiger partial charge >= 0.3 is 6.09 Å². The Morgan fingerprint density at radius 3 is 2.78 bits per heavy atom. The highest BCUT2D eigenvalue weighted by Crippen LogP contribution is 2.06. The fourth-order valence-electron chi connectivity index (χ4n) is 1.80. The van der Waals surface area contributed by atoms with E-state index < -0.39 is 5.60 Å². The van der Waals surface area contributed by atoms with Crippen molar-refractivity contribution >= 4 is 6.09 Å². The van der Waals surface area contributed by atoms with Crippen LogP contribution in [0.3, 0.4) is 0 Å². The number of nitrogens with one attached hydrogen (secondary N) is 2. The first kappa shape index (κ1) is 15.2. The number of rotatable bonds is 5. The van der Waals surface area contributed by atoms with Crippen molar-refractivity contribution < 1.29 is 14.3 Å². The zero-order valence-electron chi connectivity index (χ0n) is 11.8. The topological polar surface area (TPSA) is 59.6 Å². The standard InChI is InChI=1S/C13H26N2O3/c1-13(2,3)18-12(16)15-8-5-7-14-11-6-4-9-17-10-11/h11,14H,4-10H2,1-3H3,(H,15,16). The van der Waals surface area contributed by atoms with Gasteiger partial charge in [0.05, 0.1) is 6.61 Å². The number of amides is 1. The average Bonchev–Trinajstić information content (AvgIpc) is 2.27. The van der Waals surface area contributed by atoms with E-state index in [0.717, 1.165) is 32.6 Å². The maximum atomic E-state index is 11.3. The van der Waals surface area contributed by atoms with Crippen LogP contribution in [0.2, 0.25) is 0 Å². The van der Waals surface area contributed by atoms with Gasteiger partial charge in [0.2, 0.25) is 0 Å². The van der Waals surface area contributed by atoms with Crippen LogP contribution in [0.4, 0.5) is 4.79 Å². The van der Waals surface area contributed by atoms with Crippen molar-refractivity contribution in [3.63, 3.8) is 0 Å². The molecule has 18 heavy (non-hydrogen) atoms. The van der Waals surface area contributed by atoms with Gasteiger partial charge in [-0.25, -0.2) is 4.79 Å². The Morgan fingerprint density at radius 2 is 2.17 bits per heavy atom. The van der Waals surface area contributed by atoms with Gasteiger partial charge in [0.25, 0.3) is 0 Å². The Hall–Kier alpha value is -0.810. The molecular weight excluding hydrogens is 232 g/mol. The van der Waals surface area contributed by atoms with Crippen LogP contribution in [-0.4, -0.2) is 44.0 Å². The fourth-order valence-corrected chi connectivity index (χ4v) is 1.80. The lowest BCUT2D eigenvalue weighted by Gasteiger charge is -2.23. The van der Waals surface area contributed by atoms with Gasteiger partial charge in [-0.15, -0.1) is 0 Å². The summed E-state index contributed by atoms with van der Waals surface area (Å²) in [6.07, 6.45) is 2.87. The molecule has 1 aliphatic rings. The minimum absolute atomic E-state index is 0.344. The van der Waals surface area contributed by atoms with E-state index >= 15 is 0 Å². The molecule has 0 bridgehead atoms. The summed E-state index contributed by atoms with van der Waals surface area (Å²) in [6.45, 7) is 8.79. The molecule has 1 unspecified atom stereocenters. The number of hydrogen-bond donors (Lipinski definition) is 2. The van der Waals surface area contributed by atoms with Crippen LogP contribution < -0.4 is 10.6 Å². The van der Waals surface area contributed by atoms with E-state index in [1.54, 1.807) is 0 Å². The Labute approximate surface area is 110 Å². The Bertz CT molecular complexity index is 245. The van der Waals surface area contributed by atoms with Gasteiger partial charge in [-0.3, -0.25) is 0 Å². The summed E-state index contributed by atoms with van der Waals surface area (Å²) in [7, 11) is 0. The summed E-state index contributed by atoms with van der Waals surface area (Å²) in [5.41, 5.74) is -0.429. The number of alkyl carbamates (subject to hydrolysis) is 1. The van der Waals surface area contributed by atoms with Crippen molar-refractivity contribution in [2.45, 2.75) is 51.7 Å². The largest absolute Gasteiger partial charge is 0.444 e. The summed E-state index contributed by atoms with van der Waals surface area (Å²) in [5, 5.41) is 6.17. The predicted molar refractivity (Wildman–Crippen MR) is 70.7 cm³/mol. The molecule has 1 aliphatic heterocycles. The highest BCUT2D eigenvalue weighted by atomic mass is 16.6. The SMILES string of the molecule is CC(C)(C)OC(=O)NCCCNC1CCCOC1. The molecule has 0 aliphatic carbocycles. The highest BCUT2D eigenvalue weighted by molar-refractivity contribution is 5.67. The van der Waals surface area contributed by atoms with Crippen molar-refractivity contribution in [2.75, 3.05) is 26.3 Å². The molecule has 1 saturated heterocycles. The summed E-state index contributed by atoms with van der Waals surface area (Å²) >= 11 is 0. The van der Waals surface area contributed by atoms with Gasteiger partial charge in [0.15, 0.2) is 0 Å². The number of hydrogen-bond acceptors (Lipinski definition) is 4. The van der Waals surface area contributed by atoms with Crippen molar-refractivity contribution in [1.82, 2.24) is 10.6 Å². The molecule has 1 fully saturated rings. The van der Waals surface area contributed by atoms with Gasteiger partial charge in [0.1, 0.15) is 5.60 Å². The van der Waals surface area contributed by atoms with Gasteiger partial charge < -0.3 is 20.1 Å². The van der Waals surface area contributed by atoms with Crippen LogP contribution in [0.1, 0.15) is 40.0 Å². The molecular formula is C13H26N2O3. The third-order valence-electron chi connectivity index (χ3n) is 2.62. The van der Waals surface area contributed by atoms with Crippen molar-refractivity contribution in [3.05, 3.63) is 0 Å². The quantitative estimate of drug-likeness (QED) is 0.736. The minimum Gasteiger partial charge on any atom is -0.444 e. The summed E-state index contributed by atoms with van der Waals surface area (Å²) in [6, 6.07) is 0.472. The van der Waals surface area contributed by atoms with Crippen molar-refractivity contribution in [2.24, 2.45) is 0 Å². The van der Waals surface area contributed by atoms with E-state index in [4.69, 9.17) is 9.47 Å². The highest BCUT2D eigenvalue weighted by Gasteiger charge is 2.15. The molecule has 0 radical (unpaired) electrons. The molecule has 106 valence electrons. The van der Waals surface area contributed by atoms with Gasteiger partial charge in [-0.2, -0.15) is 0 Å². The summed E-state index contributed by atoms with van der Waals surface area (Å²) in [5.74, 6) is 0. The molecule has 2 N–H and O–H groups in total. The average molecular weight is 258 g/mol. The van der Waals surface area contributed by atoms with Crippen LogP contribution >= 0.6 is 0 Å². The maximum Gasteiger partial charge on any atom is 0.407 e. The monoisotopic (exact) mass is 258 g/mol. The first-order chi connectivity index (χ1) is 8.47. The van der Waals surface area contributed by atoms with Crippen LogP contribution in [0.5, 0.6) is 0 Å². The van der Waals surface area contributed by atoms with Gasteiger partial charge in [-0.05, 0) is 46.6 Å². The van der Waals surface area contributed by atoms with E-state index in [1.807, 2.05) is 20.8 Å². The van der Waals surface area contributed by atoms with Crippen LogP contribution in [0, 0.1) is 0 Å². The molecule has 0 spiro atoms. The molecule has 5 nitrogen and oxygen atoms in total. The zero-order valence-corrected chi connectivity index (χ0v) is 11.8. The molecule has 1 rings (SSSR count).